The van der Waals surface area contributed by atoms with Crippen molar-refractivity contribution < 1.29 is 0 Å². The third-order valence-corrected chi connectivity index (χ3v) is 10.5. The minimum Gasteiger partial charge on any atom is -0.383 e. The topological polar surface area (TPSA) is 69.4 Å². The zero-order valence-corrected chi connectivity index (χ0v) is 31.0. The SMILES string of the molecule is CCCCCCNC1=Cc2nc1c(-c1ccccc1)c1ccc([nH]1)c(-c1ccccc1)c1nc(c(-c3ccccc3)c3ccc([nH]3)c2-c2ccccc2)C=C1. The molecule has 0 radical (unpaired) electrons. The molecule has 268 valence electrons. The third kappa shape index (κ3) is 6.81. The summed E-state index contributed by atoms with van der Waals surface area (Å²) in [6.45, 7) is 3.13. The highest BCUT2D eigenvalue weighted by Crippen LogP contribution is 2.39. The number of unbranched alkanes of at least 4 members (excludes halogenated alkanes) is 3. The summed E-state index contributed by atoms with van der Waals surface area (Å²) in [5.41, 5.74) is 17.2. The minimum absolute atomic E-state index is 0.871. The van der Waals surface area contributed by atoms with Crippen molar-refractivity contribution in [3.63, 3.8) is 0 Å². The van der Waals surface area contributed by atoms with Gasteiger partial charge in [0.25, 0.3) is 0 Å². The van der Waals surface area contributed by atoms with Crippen LogP contribution >= 0.6 is 0 Å². The van der Waals surface area contributed by atoms with Crippen LogP contribution in [0.4, 0.5) is 0 Å². The molecule has 9 rings (SSSR count). The zero-order chi connectivity index (χ0) is 37.0. The minimum atomic E-state index is 0.871. The van der Waals surface area contributed by atoms with Crippen LogP contribution < -0.4 is 5.32 Å². The van der Waals surface area contributed by atoms with Crippen LogP contribution in [0.3, 0.4) is 0 Å². The highest BCUT2D eigenvalue weighted by molar-refractivity contribution is 6.01. The molecule has 0 saturated heterocycles. The van der Waals surface area contributed by atoms with Crippen LogP contribution in [-0.2, 0) is 0 Å². The molecule has 0 amide bonds. The average Bonchev–Trinajstić information content (AvgIpc) is 4.07. The molecule has 5 heterocycles. The Hall–Kier alpha value is -6.72. The van der Waals surface area contributed by atoms with E-state index < -0.39 is 0 Å². The van der Waals surface area contributed by atoms with E-state index in [-0.39, 0.29) is 0 Å². The van der Waals surface area contributed by atoms with E-state index >= 15 is 0 Å². The van der Waals surface area contributed by atoms with E-state index in [1.807, 2.05) is 0 Å². The monoisotopic (exact) mass is 713 g/mol. The Morgan fingerprint density at radius 1 is 0.436 bits per heavy atom. The first-order valence-electron chi connectivity index (χ1n) is 19.4. The van der Waals surface area contributed by atoms with Crippen molar-refractivity contribution in [3.8, 4) is 44.5 Å². The van der Waals surface area contributed by atoms with Gasteiger partial charge in [-0.3, -0.25) is 0 Å². The van der Waals surface area contributed by atoms with Gasteiger partial charge < -0.3 is 15.3 Å². The van der Waals surface area contributed by atoms with Crippen LogP contribution in [0, 0.1) is 0 Å². The van der Waals surface area contributed by atoms with Crippen LogP contribution in [0.1, 0.15) is 55.4 Å². The number of H-pyrrole nitrogens is 2. The van der Waals surface area contributed by atoms with Crippen molar-refractivity contribution in [2.24, 2.45) is 0 Å². The number of hydrogen-bond acceptors (Lipinski definition) is 3. The lowest BCUT2D eigenvalue weighted by Gasteiger charge is -2.11. The Labute approximate surface area is 322 Å². The first kappa shape index (κ1) is 34.1. The Balaban J connectivity index is 1.44. The predicted octanol–water partition coefficient (Wildman–Crippen LogP) is 12.8. The van der Waals surface area contributed by atoms with E-state index in [1.165, 1.54) is 19.3 Å². The number of benzene rings is 4. The maximum Gasteiger partial charge on any atom is 0.0968 e. The van der Waals surface area contributed by atoms with Crippen molar-refractivity contribution in [3.05, 3.63) is 168 Å². The molecular formula is C50H43N5. The van der Waals surface area contributed by atoms with Crippen LogP contribution in [0.15, 0.2) is 146 Å². The summed E-state index contributed by atoms with van der Waals surface area (Å²) in [6, 6.07) is 51.1. The molecule has 3 aromatic heterocycles. The highest BCUT2D eigenvalue weighted by atomic mass is 14.9. The quantitative estimate of drug-likeness (QED) is 0.124. The van der Waals surface area contributed by atoms with E-state index in [0.29, 0.717) is 0 Å². The largest absolute Gasteiger partial charge is 0.383 e. The number of fused-ring (bicyclic) bond motifs is 8. The van der Waals surface area contributed by atoms with Gasteiger partial charge in [-0.2, -0.15) is 0 Å². The van der Waals surface area contributed by atoms with Gasteiger partial charge in [-0.05, 0) is 71.2 Å². The molecule has 4 aromatic carbocycles. The van der Waals surface area contributed by atoms with E-state index in [1.54, 1.807) is 0 Å². The standard InChI is InChI=1S/C50H43N5/c1-2-3-4-17-32-51-45-33-44-48(36-22-13-7-14-23-36)42-29-28-40(53-42)46(34-18-9-5-10-19-34)38-26-27-39(52-38)47(35-20-11-6-12-21-35)41-30-31-43(54-41)49(50(45)55-44)37-24-15-8-16-25-37/h5-16,18-31,33,51,53-54H,2-4,17,32H2,1H3. The predicted molar refractivity (Wildman–Crippen MR) is 232 cm³/mol. The van der Waals surface area contributed by atoms with Gasteiger partial charge in [0.2, 0.25) is 0 Å². The molecule has 0 atom stereocenters. The Morgan fingerprint density at radius 3 is 1.31 bits per heavy atom. The van der Waals surface area contributed by atoms with E-state index in [9.17, 15) is 0 Å². The molecule has 2 aliphatic heterocycles. The number of aromatic amines is 2. The van der Waals surface area contributed by atoms with E-state index in [2.05, 4.69) is 186 Å². The molecule has 0 saturated carbocycles. The number of nitrogens with one attached hydrogen (secondary N) is 3. The second kappa shape index (κ2) is 15.3. The average molecular weight is 714 g/mol. The highest BCUT2D eigenvalue weighted by Gasteiger charge is 2.22. The smallest absolute Gasteiger partial charge is 0.0968 e. The number of rotatable bonds is 10. The Bertz CT molecular complexity index is 2690. The van der Waals surface area contributed by atoms with Gasteiger partial charge >= 0.3 is 0 Å². The summed E-state index contributed by atoms with van der Waals surface area (Å²) in [5, 5.41) is 3.85. The molecule has 0 aliphatic carbocycles. The lowest BCUT2D eigenvalue weighted by Crippen LogP contribution is -2.13. The lowest BCUT2D eigenvalue weighted by molar-refractivity contribution is 0.650. The van der Waals surface area contributed by atoms with E-state index in [0.717, 1.165) is 108 Å². The fourth-order valence-corrected chi connectivity index (χ4v) is 7.82. The van der Waals surface area contributed by atoms with Crippen LogP contribution in [-0.4, -0.2) is 26.5 Å². The number of nitrogens with zero attached hydrogens (tertiary/aromatic N) is 2. The molecule has 5 heteroatoms. The summed E-state index contributed by atoms with van der Waals surface area (Å²) in [6.07, 6.45) is 11.3. The van der Waals surface area contributed by atoms with Gasteiger partial charge in [-0.25, -0.2) is 9.97 Å². The van der Waals surface area contributed by atoms with Crippen molar-refractivity contribution >= 4 is 46.0 Å². The number of aromatic nitrogens is 4. The molecule has 3 N–H and O–H groups in total. The van der Waals surface area contributed by atoms with Crippen LogP contribution in [0.2, 0.25) is 0 Å². The maximum atomic E-state index is 5.60. The zero-order valence-electron chi connectivity index (χ0n) is 31.0. The molecule has 0 spiro atoms. The lowest BCUT2D eigenvalue weighted by atomic mass is 10.0. The fraction of sp³-hybridized carbons (Fsp3) is 0.120. The van der Waals surface area contributed by atoms with Crippen molar-refractivity contribution in [1.82, 2.24) is 25.3 Å². The fourth-order valence-electron chi connectivity index (χ4n) is 7.82. The van der Waals surface area contributed by atoms with Gasteiger partial charge in [-0.1, -0.05) is 148 Å². The van der Waals surface area contributed by atoms with Gasteiger partial charge in [0, 0.05) is 50.9 Å². The first-order valence-corrected chi connectivity index (χ1v) is 19.4. The molecule has 7 aromatic rings. The molecule has 5 nitrogen and oxygen atoms in total. The first-order chi connectivity index (χ1) is 27.2. The van der Waals surface area contributed by atoms with Crippen molar-refractivity contribution in [2.45, 2.75) is 32.6 Å². The molecule has 2 aliphatic rings. The van der Waals surface area contributed by atoms with E-state index in [4.69, 9.17) is 9.97 Å². The molecule has 8 bridgehead atoms. The molecule has 0 unspecified atom stereocenters. The Kier molecular flexibility index (Phi) is 9.50. The van der Waals surface area contributed by atoms with Gasteiger partial charge in [0.1, 0.15) is 0 Å². The third-order valence-electron chi connectivity index (χ3n) is 10.5. The van der Waals surface area contributed by atoms with Crippen molar-refractivity contribution in [1.29, 1.82) is 0 Å². The van der Waals surface area contributed by atoms with Crippen molar-refractivity contribution in [2.75, 3.05) is 6.54 Å². The summed E-state index contributed by atoms with van der Waals surface area (Å²) < 4.78 is 0. The maximum absolute atomic E-state index is 5.60. The van der Waals surface area contributed by atoms with Gasteiger partial charge in [0.15, 0.2) is 0 Å². The van der Waals surface area contributed by atoms with Gasteiger partial charge in [-0.15, -0.1) is 0 Å². The Morgan fingerprint density at radius 2 is 0.855 bits per heavy atom. The molecular weight excluding hydrogens is 671 g/mol. The summed E-state index contributed by atoms with van der Waals surface area (Å²) in [5.74, 6) is 0. The second-order valence-electron chi connectivity index (χ2n) is 14.1. The normalized spacial score (nSPS) is 12.1. The van der Waals surface area contributed by atoms with Gasteiger partial charge in [0.05, 0.1) is 28.5 Å². The van der Waals surface area contributed by atoms with Crippen LogP contribution in [0.5, 0.6) is 0 Å². The summed E-state index contributed by atoms with van der Waals surface area (Å²) in [4.78, 5) is 18.8. The number of hydrogen-bond donors (Lipinski definition) is 3. The molecule has 0 fully saturated rings. The summed E-state index contributed by atoms with van der Waals surface area (Å²) >= 11 is 0. The second-order valence-corrected chi connectivity index (χ2v) is 14.1. The summed E-state index contributed by atoms with van der Waals surface area (Å²) in [7, 11) is 0. The van der Waals surface area contributed by atoms with Crippen LogP contribution in [0.25, 0.3) is 90.5 Å². The molecule has 55 heavy (non-hydrogen) atoms.